The number of fused-ring (bicyclic) bond motifs is 1. The van der Waals surface area contributed by atoms with Gasteiger partial charge in [-0.05, 0) is 48.9 Å². The highest BCUT2D eigenvalue weighted by Crippen LogP contribution is 2.29. The van der Waals surface area contributed by atoms with Gasteiger partial charge in [0.2, 0.25) is 15.9 Å². The van der Waals surface area contributed by atoms with Crippen LogP contribution in [-0.2, 0) is 27.7 Å². The second kappa shape index (κ2) is 9.02. The van der Waals surface area contributed by atoms with Crippen molar-refractivity contribution >= 4 is 44.4 Å². The fraction of sp³-hybridized carbons (Fsp3) is 0.409. The van der Waals surface area contributed by atoms with E-state index in [1.165, 1.54) is 4.31 Å². The van der Waals surface area contributed by atoms with E-state index in [0.717, 1.165) is 41.4 Å². The molecular weight excluding hydrogens is 432 g/mol. The standard InChI is InChI=1S/C22H26N4O3S2/c1-3-15-8-5-9-16(4-2)20(15)23-22(27)17-10-7-13-26(14-17)31(28,29)19-12-6-11-18-21(19)25-30-24-18/h5-6,8-9,11-12,17H,3-4,7,10,13-14H2,1-2H3,(H,23,27). The fourth-order valence-corrected chi connectivity index (χ4v) is 6.41. The molecule has 1 amide bonds. The van der Waals surface area contributed by atoms with Gasteiger partial charge in [-0.3, -0.25) is 4.79 Å². The Balaban J connectivity index is 1.56. The highest BCUT2D eigenvalue weighted by atomic mass is 32.2. The van der Waals surface area contributed by atoms with Crippen LogP contribution in [0.3, 0.4) is 0 Å². The zero-order chi connectivity index (χ0) is 22.0. The van der Waals surface area contributed by atoms with Crippen molar-refractivity contribution in [2.24, 2.45) is 5.92 Å². The molecule has 1 aliphatic heterocycles. The summed E-state index contributed by atoms with van der Waals surface area (Å²) in [6, 6.07) is 11.0. The number of aromatic nitrogens is 2. The van der Waals surface area contributed by atoms with E-state index in [1.807, 2.05) is 18.2 Å². The molecule has 0 radical (unpaired) electrons. The van der Waals surface area contributed by atoms with Gasteiger partial charge in [0.05, 0.1) is 17.6 Å². The van der Waals surface area contributed by atoms with Gasteiger partial charge in [-0.1, -0.05) is 38.1 Å². The Hall–Kier alpha value is -2.36. The van der Waals surface area contributed by atoms with Crippen molar-refractivity contribution < 1.29 is 13.2 Å². The van der Waals surface area contributed by atoms with Crippen LogP contribution in [0.15, 0.2) is 41.3 Å². The Morgan fingerprint density at radius 1 is 1.13 bits per heavy atom. The summed E-state index contributed by atoms with van der Waals surface area (Å²) >= 11 is 0.996. The van der Waals surface area contributed by atoms with Gasteiger partial charge in [-0.2, -0.15) is 13.1 Å². The number of hydrogen-bond acceptors (Lipinski definition) is 6. The van der Waals surface area contributed by atoms with E-state index in [4.69, 9.17) is 0 Å². The normalized spacial score (nSPS) is 17.7. The van der Waals surface area contributed by atoms with Gasteiger partial charge in [-0.25, -0.2) is 8.42 Å². The summed E-state index contributed by atoms with van der Waals surface area (Å²) in [6.07, 6.45) is 2.94. The lowest BCUT2D eigenvalue weighted by molar-refractivity contribution is -0.120. The predicted molar refractivity (Wildman–Crippen MR) is 123 cm³/mol. The molecule has 164 valence electrons. The Morgan fingerprint density at radius 3 is 2.55 bits per heavy atom. The highest BCUT2D eigenvalue weighted by Gasteiger charge is 2.35. The third kappa shape index (κ3) is 4.22. The molecule has 0 saturated carbocycles. The summed E-state index contributed by atoms with van der Waals surface area (Å²) < 4.78 is 36.5. The minimum absolute atomic E-state index is 0.121. The molecule has 1 N–H and O–H groups in total. The molecule has 1 aliphatic rings. The Morgan fingerprint density at radius 2 is 1.84 bits per heavy atom. The van der Waals surface area contributed by atoms with E-state index < -0.39 is 15.9 Å². The lowest BCUT2D eigenvalue weighted by Gasteiger charge is -2.31. The van der Waals surface area contributed by atoms with Gasteiger partial charge in [0, 0.05) is 18.8 Å². The number of para-hydroxylation sites is 1. The number of sulfonamides is 1. The van der Waals surface area contributed by atoms with Crippen LogP contribution in [0, 0.1) is 5.92 Å². The Kier molecular flexibility index (Phi) is 6.36. The number of carbonyl (C=O) groups is 1. The first kappa shape index (κ1) is 21.9. The van der Waals surface area contributed by atoms with Gasteiger partial charge < -0.3 is 5.32 Å². The van der Waals surface area contributed by atoms with Crippen LogP contribution in [0.5, 0.6) is 0 Å². The zero-order valence-corrected chi connectivity index (χ0v) is 19.3. The van der Waals surface area contributed by atoms with Crippen molar-refractivity contribution in [3.63, 3.8) is 0 Å². The van der Waals surface area contributed by atoms with Gasteiger partial charge in [0.15, 0.2) is 0 Å². The molecule has 2 heterocycles. The molecule has 9 heteroatoms. The summed E-state index contributed by atoms with van der Waals surface area (Å²) in [4.78, 5) is 13.3. The number of carbonyl (C=O) groups excluding carboxylic acids is 1. The van der Waals surface area contributed by atoms with Crippen molar-refractivity contribution in [3.8, 4) is 0 Å². The SMILES string of the molecule is CCc1cccc(CC)c1NC(=O)C1CCCN(S(=O)(=O)c2cccc3nsnc23)C1. The van der Waals surface area contributed by atoms with E-state index in [1.54, 1.807) is 18.2 Å². The monoisotopic (exact) mass is 458 g/mol. The molecule has 7 nitrogen and oxygen atoms in total. The summed E-state index contributed by atoms with van der Waals surface area (Å²) in [5, 5.41) is 3.11. The number of piperidine rings is 1. The molecule has 1 fully saturated rings. The summed E-state index contributed by atoms with van der Waals surface area (Å²) in [5.41, 5.74) is 4.02. The second-order valence-corrected chi connectivity index (χ2v) is 10.2. The third-order valence-electron chi connectivity index (χ3n) is 5.87. The molecule has 31 heavy (non-hydrogen) atoms. The van der Waals surface area contributed by atoms with Crippen LogP contribution in [0.25, 0.3) is 11.0 Å². The van der Waals surface area contributed by atoms with Crippen LogP contribution in [0.2, 0.25) is 0 Å². The minimum Gasteiger partial charge on any atom is -0.325 e. The Bertz CT molecular complexity index is 1180. The van der Waals surface area contributed by atoms with Crippen LogP contribution < -0.4 is 5.32 Å². The average molecular weight is 459 g/mol. The van der Waals surface area contributed by atoms with Crippen molar-refractivity contribution in [1.29, 1.82) is 0 Å². The van der Waals surface area contributed by atoms with Crippen molar-refractivity contribution in [2.75, 3.05) is 18.4 Å². The molecule has 1 aromatic heterocycles. The average Bonchev–Trinajstić information content (AvgIpc) is 3.28. The van der Waals surface area contributed by atoms with Gasteiger partial charge in [-0.15, -0.1) is 0 Å². The molecule has 1 atom stereocenters. The lowest BCUT2D eigenvalue weighted by atomic mass is 9.97. The number of aryl methyl sites for hydroxylation is 2. The van der Waals surface area contributed by atoms with Gasteiger partial charge >= 0.3 is 0 Å². The number of hydrogen-bond donors (Lipinski definition) is 1. The first-order valence-corrected chi connectivity index (χ1v) is 12.8. The number of nitrogens with zero attached hydrogens (tertiary/aromatic N) is 3. The topological polar surface area (TPSA) is 92.3 Å². The molecule has 1 saturated heterocycles. The van der Waals surface area contributed by atoms with E-state index in [9.17, 15) is 13.2 Å². The van der Waals surface area contributed by atoms with E-state index in [0.29, 0.717) is 30.4 Å². The first-order valence-electron chi connectivity index (χ1n) is 10.6. The van der Waals surface area contributed by atoms with Crippen molar-refractivity contribution in [1.82, 2.24) is 13.1 Å². The molecule has 0 spiro atoms. The lowest BCUT2D eigenvalue weighted by Crippen LogP contribution is -2.43. The van der Waals surface area contributed by atoms with E-state index >= 15 is 0 Å². The van der Waals surface area contributed by atoms with Gasteiger partial charge in [0.1, 0.15) is 15.9 Å². The molecule has 0 aliphatic carbocycles. The molecular formula is C22H26N4O3S2. The highest BCUT2D eigenvalue weighted by molar-refractivity contribution is 7.89. The van der Waals surface area contributed by atoms with Crippen LogP contribution in [0.4, 0.5) is 5.69 Å². The van der Waals surface area contributed by atoms with Crippen molar-refractivity contribution in [2.45, 2.75) is 44.4 Å². The summed E-state index contributed by atoms with van der Waals surface area (Å²) in [5.74, 6) is -0.519. The molecule has 2 aromatic carbocycles. The second-order valence-electron chi connectivity index (χ2n) is 7.74. The van der Waals surface area contributed by atoms with Crippen LogP contribution in [0.1, 0.15) is 37.8 Å². The quantitative estimate of drug-likeness (QED) is 0.606. The van der Waals surface area contributed by atoms with Crippen LogP contribution >= 0.6 is 11.7 Å². The third-order valence-corrected chi connectivity index (χ3v) is 8.31. The predicted octanol–water partition coefficient (Wildman–Crippen LogP) is 3.86. The Labute approximate surface area is 186 Å². The fourth-order valence-electron chi connectivity index (χ4n) is 4.13. The zero-order valence-electron chi connectivity index (χ0n) is 17.7. The number of benzene rings is 2. The number of nitrogens with one attached hydrogen (secondary N) is 1. The van der Waals surface area contributed by atoms with Gasteiger partial charge in [0.25, 0.3) is 0 Å². The summed E-state index contributed by atoms with van der Waals surface area (Å²) in [7, 11) is -3.77. The first-order chi connectivity index (χ1) is 15.0. The largest absolute Gasteiger partial charge is 0.325 e. The minimum atomic E-state index is -3.77. The maximum atomic E-state index is 13.4. The summed E-state index contributed by atoms with van der Waals surface area (Å²) in [6.45, 7) is 4.68. The molecule has 3 aromatic rings. The molecule has 0 bridgehead atoms. The number of rotatable bonds is 6. The number of amides is 1. The smallest absolute Gasteiger partial charge is 0.245 e. The van der Waals surface area contributed by atoms with E-state index in [2.05, 4.69) is 27.9 Å². The van der Waals surface area contributed by atoms with Crippen molar-refractivity contribution in [3.05, 3.63) is 47.5 Å². The molecule has 1 unspecified atom stereocenters. The maximum Gasteiger partial charge on any atom is 0.245 e. The molecule has 4 rings (SSSR count). The van der Waals surface area contributed by atoms with Crippen LogP contribution in [-0.4, -0.2) is 40.5 Å². The van der Waals surface area contributed by atoms with E-state index in [-0.39, 0.29) is 17.3 Å². The number of anilines is 1. The maximum absolute atomic E-state index is 13.4.